The average Bonchev–Trinajstić information content (AvgIpc) is 2.69. The average molecular weight is 481 g/mol. The monoisotopic (exact) mass is 480 g/mol. The van der Waals surface area contributed by atoms with E-state index in [-0.39, 0.29) is 24.2 Å². The van der Waals surface area contributed by atoms with Gasteiger partial charge in [-0.3, -0.25) is 14.4 Å². The number of carbonyl (C=O) groups excluding carboxylic acids is 3. The summed E-state index contributed by atoms with van der Waals surface area (Å²) in [7, 11) is 0. The second-order valence-corrected chi connectivity index (χ2v) is 9.35. The van der Waals surface area contributed by atoms with Gasteiger partial charge in [0.05, 0.1) is 6.07 Å². The summed E-state index contributed by atoms with van der Waals surface area (Å²) in [5.74, 6) is -1.14. The summed E-state index contributed by atoms with van der Waals surface area (Å²) in [6, 6.07) is 5.21. The molecule has 7 nitrogen and oxygen atoms in total. The number of amides is 3. The second kappa shape index (κ2) is 13.1. The molecule has 1 rings (SSSR count). The highest BCUT2D eigenvalue weighted by Crippen LogP contribution is 2.23. The summed E-state index contributed by atoms with van der Waals surface area (Å²) < 4.78 is 0. The molecule has 174 valence electrons. The van der Waals surface area contributed by atoms with E-state index in [2.05, 4.69) is 16.0 Å². The summed E-state index contributed by atoms with van der Waals surface area (Å²) in [5, 5.41) is 18.2. The van der Waals surface area contributed by atoms with Gasteiger partial charge in [0.1, 0.15) is 12.1 Å². The molecule has 32 heavy (non-hydrogen) atoms. The van der Waals surface area contributed by atoms with Gasteiger partial charge in [0.15, 0.2) is 0 Å². The van der Waals surface area contributed by atoms with Crippen LogP contribution >= 0.6 is 23.2 Å². The number of nitrogens with zero attached hydrogens (tertiary/aromatic N) is 1. The number of nitrogens with one attached hydrogen (secondary N) is 3. The lowest BCUT2D eigenvalue weighted by Gasteiger charge is -2.26. The van der Waals surface area contributed by atoms with Crippen molar-refractivity contribution in [3.63, 3.8) is 0 Å². The summed E-state index contributed by atoms with van der Waals surface area (Å²) in [6.45, 7) is 8.13. The van der Waals surface area contributed by atoms with Crippen LogP contribution in [0.3, 0.4) is 0 Å². The fourth-order valence-electron chi connectivity index (χ4n) is 2.85. The van der Waals surface area contributed by atoms with Crippen molar-refractivity contribution >= 4 is 47.0 Å². The Bertz CT molecular complexity index is 888. The molecule has 0 spiro atoms. The first-order valence-electron chi connectivity index (χ1n) is 10.4. The summed E-state index contributed by atoms with van der Waals surface area (Å²) in [4.78, 5) is 36.9. The zero-order chi connectivity index (χ0) is 24.3. The van der Waals surface area contributed by atoms with E-state index in [0.717, 1.165) is 0 Å². The van der Waals surface area contributed by atoms with Crippen molar-refractivity contribution in [3.05, 3.63) is 39.9 Å². The van der Waals surface area contributed by atoms with Gasteiger partial charge in [-0.15, -0.1) is 0 Å². The normalized spacial score (nSPS) is 13.2. The fraction of sp³-hybridized carbons (Fsp3) is 0.478. The van der Waals surface area contributed by atoms with Crippen LogP contribution in [0.2, 0.25) is 10.0 Å². The molecule has 0 aliphatic carbocycles. The van der Waals surface area contributed by atoms with Crippen molar-refractivity contribution < 1.29 is 14.4 Å². The minimum atomic E-state index is -0.854. The SMILES string of the molecule is CCNC(=O)CCC(C#N)NC(=O)[C@H](CC(C)(C)C)NC(=O)/C=C/c1ccc(Cl)cc1Cl. The van der Waals surface area contributed by atoms with Crippen LogP contribution in [-0.2, 0) is 14.4 Å². The minimum absolute atomic E-state index is 0.118. The summed E-state index contributed by atoms with van der Waals surface area (Å²) in [6.07, 6.45) is 3.47. The Labute approximate surface area is 199 Å². The van der Waals surface area contributed by atoms with Crippen LogP contribution in [0.4, 0.5) is 0 Å². The molecule has 2 atom stereocenters. The van der Waals surface area contributed by atoms with Crippen molar-refractivity contribution in [2.24, 2.45) is 5.41 Å². The van der Waals surface area contributed by atoms with E-state index >= 15 is 0 Å². The van der Waals surface area contributed by atoms with Crippen molar-refractivity contribution in [2.75, 3.05) is 6.54 Å². The molecule has 0 aliphatic rings. The number of benzene rings is 1. The van der Waals surface area contributed by atoms with E-state index in [1.54, 1.807) is 25.1 Å². The molecule has 0 aromatic heterocycles. The van der Waals surface area contributed by atoms with Crippen molar-refractivity contribution in [2.45, 2.75) is 59.0 Å². The zero-order valence-corrected chi connectivity index (χ0v) is 20.3. The third-order valence-corrected chi connectivity index (χ3v) is 4.90. The van der Waals surface area contributed by atoms with E-state index < -0.39 is 23.9 Å². The maximum absolute atomic E-state index is 12.8. The van der Waals surface area contributed by atoms with Crippen LogP contribution in [0, 0.1) is 16.7 Å². The van der Waals surface area contributed by atoms with Crippen LogP contribution in [0.1, 0.15) is 52.5 Å². The summed E-state index contributed by atoms with van der Waals surface area (Å²) >= 11 is 12.0. The van der Waals surface area contributed by atoms with Crippen LogP contribution in [0.15, 0.2) is 24.3 Å². The summed E-state index contributed by atoms with van der Waals surface area (Å²) in [5.41, 5.74) is 0.347. The predicted molar refractivity (Wildman–Crippen MR) is 127 cm³/mol. The lowest BCUT2D eigenvalue weighted by atomic mass is 9.87. The van der Waals surface area contributed by atoms with Gasteiger partial charge in [0, 0.05) is 29.1 Å². The molecule has 9 heteroatoms. The minimum Gasteiger partial charge on any atom is -0.356 e. The van der Waals surface area contributed by atoms with E-state index in [4.69, 9.17) is 23.2 Å². The quantitative estimate of drug-likeness (QED) is 0.441. The number of rotatable bonds is 10. The molecular formula is C23H30Cl2N4O3. The molecule has 1 aromatic carbocycles. The number of halogens is 2. The maximum atomic E-state index is 12.8. The first kappa shape index (κ1) is 27.5. The van der Waals surface area contributed by atoms with E-state index in [9.17, 15) is 19.6 Å². The highest BCUT2D eigenvalue weighted by molar-refractivity contribution is 6.35. The molecule has 0 saturated heterocycles. The van der Waals surface area contributed by atoms with Crippen LogP contribution < -0.4 is 16.0 Å². The van der Waals surface area contributed by atoms with E-state index in [1.807, 2.05) is 26.8 Å². The van der Waals surface area contributed by atoms with Gasteiger partial charge < -0.3 is 16.0 Å². The number of nitriles is 1. The fourth-order valence-corrected chi connectivity index (χ4v) is 3.32. The van der Waals surface area contributed by atoms with Crippen LogP contribution in [0.5, 0.6) is 0 Å². The van der Waals surface area contributed by atoms with Gasteiger partial charge >= 0.3 is 0 Å². The predicted octanol–water partition coefficient (Wildman–Crippen LogP) is 3.85. The maximum Gasteiger partial charge on any atom is 0.244 e. The Balaban J connectivity index is 2.84. The van der Waals surface area contributed by atoms with Crippen molar-refractivity contribution in [1.82, 2.24) is 16.0 Å². The van der Waals surface area contributed by atoms with Gasteiger partial charge in [-0.25, -0.2) is 0 Å². The molecule has 0 heterocycles. The van der Waals surface area contributed by atoms with Gasteiger partial charge in [0.25, 0.3) is 0 Å². The third kappa shape index (κ3) is 10.7. The molecule has 3 N–H and O–H groups in total. The number of hydrogen-bond donors (Lipinski definition) is 3. The lowest BCUT2D eigenvalue weighted by molar-refractivity contribution is -0.128. The van der Waals surface area contributed by atoms with Crippen LogP contribution in [-0.4, -0.2) is 36.3 Å². The Morgan fingerprint density at radius 3 is 2.44 bits per heavy atom. The highest BCUT2D eigenvalue weighted by Gasteiger charge is 2.27. The molecular weight excluding hydrogens is 451 g/mol. The van der Waals surface area contributed by atoms with Crippen molar-refractivity contribution in [3.8, 4) is 6.07 Å². The lowest BCUT2D eigenvalue weighted by Crippen LogP contribution is -2.50. The highest BCUT2D eigenvalue weighted by atomic mass is 35.5. The van der Waals surface area contributed by atoms with Crippen LogP contribution in [0.25, 0.3) is 6.08 Å². The molecule has 0 fully saturated rings. The van der Waals surface area contributed by atoms with Gasteiger partial charge in [-0.2, -0.15) is 5.26 Å². The van der Waals surface area contributed by atoms with Crippen molar-refractivity contribution in [1.29, 1.82) is 5.26 Å². The first-order valence-corrected chi connectivity index (χ1v) is 11.1. The van der Waals surface area contributed by atoms with Gasteiger partial charge in [-0.05, 0) is 49.0 Å². The Kier molecular flexibility index (Phi) is 11.2. The molecule has 0 saturated carbocycles. The van der Waals surface area contributed by atoms with E-state index in [0.29, 0.717) is 28.6 Å². The smallest absolute Gasteiger partial charge is 0.244 e. The van der Waals surface area contributed by atoms with Gasteiger partial charge in [0.2, 0.25) is 17.7 Å². The molecule has 3 amide bonds. The first-order chi connectivity index (χ1) is 14.9. The Morgan fingerprint density at radius 2 is 1.88 bits per heavy atom. The standard InChI is InChI=1S/C23H30Cl2N4O3/c1-5-27-20(30)11-9-17(14-26)28-22(32)19(13-23(2,3)4)29-21(31)10-7-15-6-8-16(24)12-18(15)25/h6-8,10,12,17,19H,5,9,11,13H2,1-4H3,(H,27,30)(H,28,32)(H,29,31)/b10-7+/t17?,19-/m0/s1. The number of hydrogen-bond acceptors (Lipinski definition) is 4. The topological polar surface area (TPSA) is 111 Å². The molecule has 1 unspecified atom stereocenters. The molecule has 0 aliphatic heterocycles. The Morgan fingerprint density at radius 1 is 1.19 bits per heavy atom. The number of carbonyl (C=O) groups is 3. The molecule has 0 radical (unpaired) electrons. The molecule has 1 aromatic rings. The Hall–Kier alpha value is -2.56. The van der Waals surface area contributed by atoms with E-state index in [1.165, 1.54) is 12.2 Å². The largest absolute Gasteiger partial charge is 0.356 e. The second-order valence-electron chi connectivity index (χ2n) is 8.51. The third-order valence-electron chi connectivity index (χ3n) is 4.33. The van der Waals surface area contributed by atoms with Gasteiger partial charge in [-0.1, -0.05) is 50.0 Å². The zero-order valence-electron chi connectivity index (χ0n) is 18.8. The molecule has 0 bridgehead atoms.